The summed E-state index contributed by atoms with van der Waals surface area (Å²) >= 11 is 0. The number of likely N-dealkylation sites (tertiary alicyclic amines) is 1. The molecule has 0 amide bonds. The maximum absolute atomic E-state index is 9.27. The summed E-state index contributed by atoms with van der Waals surface area (Å²) in [5, 5.41) is 12.9. The molecule has 0 radical (unpaired) electrons. The summed E-state index contributed by atoms with van der Waals surface area (Å²) in [7, 11) is 0. The number of aliphatic hydroxyl groups is 1. The van der Waals surface area contributed by atoms with Crippen molar-refractivity contribution in [2.45, 2.75) is 32.2 Å². The third kappa shape index (κ3) is 4.93. The van der Waals surface area contributed by atoms with Gasteiger partial charge in [-0.25, -0.2) is 0 Å². The number of anilines is 1. The van der Waals surface area contributed by atoms with E-state index in [9.17, 15) is 5.11 Å². The van der Waals surface area contributed by atoms with Crippen molar-refractivity contribution in [3.8, 4) is 0 Å². The van der Waals surface area contributed by atoms with Crippen molar-refractivity contribution in [3.05, 3.63) is 29.8 Å². The Morgan fingerprint density at radius 1 is 1.04 bits per heavy atom. The van der Waals surface area contributed by atoms with Crippen molar-refractivity contribution >= 4 is 5.69 Å². The fourth-order valence-corrected chi connectivity index (χ4v) is 3.60. The summed E-state index contributed by atoms with van der Waals surface area (Å²) in [5.74, 6) is 1.24. The highest BCUT2D eigenvalue weighted by molar-refractivity contribution is 5.51. The third-order valence-corrected chi connectivity index (χ3v) is 5.30. The molecule has 4 heteroatoms. The molecule has 1 aromatic rings. The molecule has 2 aliphatic rings. The Bertz CT molecular complexity index is 466. The zero-order valence-electron chi connectivity index (χ0n) is 14.0. The Balaban J connectivity index is 1.53. The first-order valence-electron chi connectivity index (χ1n) is 9.08. The molecular weight excluding hydrogens is 288 g/mol. The van der Waals surface area contributed by atoms with Crippen molar-refractivity contribution in [2.24, 2.45) is 11.8 Å². The molecule has 0 aliphatic carbocycles. The summed E-state index contributed by atoms with van der Waals surface area (Å²) in [5.41, 5.74) is 2.67. The molecule has 23 heavy (non-hydrogen) atoms. The van der Waals surface area contributed by atoms with Crippen LogP contribution in [0.5, 0.6) is 0 Å². The van der Waals surface area contributed by atoms with E-state index in [0.29, 0.717) is 12.5 Å². The van der Waals surface area contributed by atoms with Gasteiger partial charge in [-0.3, -0.25) is 4.90 Å². The van der Waals surface area contributed by atoms with Crippen LogP contribution in [0.3, 0.4) is 0 Å². The molecule has 0 spiro atoms. The molecule has 2 fully saturated rings. The summed E-state index contributed by atoms with van der Waals surface area (Å²) in [6.07, 6.45) is 4.58. The van der Waals surface area contributed by atoms with Crippen LogP contribution in [0, 0.1) is 11.8 Å². The van der Waals surface area contributed by atoms with Crippen LogP contribution in [0.2, 0.25) is 0 Å². The predicted octanol–water partition coefficient (Wildman–Crippen LogP) is 2.73. The standard InChI is InChI=1S/C19H30N2O2/c22-15-17-5-9-21(10-6-17)14-18-3-1-2-4-19(18)20-13-16-7-11-23-12-8-16/h1-4,16-17,20,22H,5-15H2. The van der Waals surface area contributed by atoms with Crippen LogP contribution in [-0.4, -0.2) is 49.5 Å². The van der Waals surface area contributed by atoms with E-state index in [1.807, 2.05) is 0 Å². The molecule has 2 heterocycles. The Morgan fingerprint density at radius 3 is 2.52 bits per heavy atom. The average Bonchev–Trinajstić information content (AvgIpc) is 2.62. The van der Waals surface area contributed by atoms with Gasteiger partial charge in [0.2, 0.25) is 0 Å². The zero-order chi connectivity index (χ0) is 15.9. The van der Waals surface area contributed by atoms with Gasteiger partial charge in [0.25, 0.3) is 0 Å². The molecule has 128 valence electrons. The monoisotopic (exact) mass is 318 g/mol. The predicted molar refractivity (Wildman–Crippen MR) is 93.6 cm³/mol. The van der Waals surface area contributed by atoms with Crippen molar-refractivity contribution in [3.63, 3.8) is 0 Å². The summed E-state index contributed by atoms with van der Waals surface area (Å²) in [6.45, 7) is 6.42. The lowest BCUT2D eigenvalue weighted by molar-refractivity contribution is 0.0699. The quantitative estimate of drug-likeness (QED) is 0.846. The lowest BCUT2D eigenvalue weighted by atomic mass is 9.97. The number of nitrogens with one attached hydrogen (secondary N) is 1. The SMILES string of the molecule is OCC1CCN(Cc2ccccc2NCC2CCOCC2)CC1. The highest BCUT2D eigenvalue weighted by Crippen LogP contribution is 2.23. The van der Waals surface area contributed by atoms with Crippen LogP contribution in [-0.2, 0) is 11.3 Å². The Kier molecular flexibility index (Phi) is 6.31. The lowest BCUT2D eigenvalue weighted by Gasteiger charge is -2.31. The normalized spacial score (nSPS) is 21.4. The minimum atomic E-state index is 0.344. The van der Waals surface area contributed by atoms with E-state index in [1.54, 1.807) is 0 Å². The second-order valence-corrected chi connectivity index (χ2v) is 7.00. The van der Waals surface area contributed by atoms with Gasteiger partial charge in [-0.2, -0.15) is 0 Å². The maximum atomic E-state index is 9.27. The largest absolute Gasteiger partial charge is 0.396 e. The molecule has 2 aliphatic heterocycles. The van der Waals surface area contributed by atoms with Gasteiger partial charge in [0.1, 0.15) is 0 Å². The molecule has 0 unspecified atom stereocenters. The van der Waals surface area contributed by atoms with E-state index in [2.05, 4.69) is 34.5 Å². The van der Waals surface area contributed by atoms with Crippen LogP contribution >= 0.6 is 0 Å². The van der Waals surface area contributed by atoms with Crippen LogP contribution in [0.4, 0.5) is 5.69 Å². The maximum Gasteiger partial charge on any atom is 0.0469 e. The molecule has 0 bridgehead atoms. The van der Waals surface area contributed by atoms with E-state index >= 15 is 0 Å². The van der Waals surface area contributed by atoms with Gasteiger partial charge in [0.05, 0.1) is 0 Å². The molecule has 2 N–H and O–H groups in total. The highest BCUT2D eigenvalue weighted by atomic mass is 16.5. The molecular formula is C19H30N2O2. The summed E-state index contributed by atoms with van der Waals surface area (Å²) in [6, 6.07) is 8.70. The zero-order valence-corrected chi connectivity index (χ0v) is 14.0. The number of para-hydroxylation sites is 1. The number of benzene rings is 1. The number of aliphatic hydroxyl groups excluding tert-OH is 1. The smallest absolute Gasteiger partial charge is 0.0469 e. The van der Waals surface area contributed by atoms with Crippen molar-refractivity contribution < 1.29 is 9.84 Å². The highest BCUT2D eigenvalue weighted by Gasteiger charge is 2.19. The van der Waals surface area contributed by atoms with Gasteiger partial charge >= 0.3 is 0 Å². The van der Waals surface area contributed by atoms with Crippen LogP contribution in [0.1, 0.15) is 31.2 Å². The Labute approximate surface area is 139 Å². The van der Waals surface area contributed by atoms with Gasteiger partial charge in [0.15, 0.2) is 0 Å². The van der Waals surface area contributed by atoms with Gasteiger partial charge in [-0.1, -0.05) is 18.2 Å². The average molecular weight is 318 g/mol. The minimum absolute atomic E-state index is 0.344. The van der Waals surface area contributed by atoms with Crippen LogP contribution in [0.25, 0.3) is 0 Å². The topological polar surface area (TPSA) is 44.7 Å². The van der Waals surface area contributed by atoms with Gasteiger partial charge in [-0.05, 0) is 62.2 Å². The van der Waals surface area contributed by atoms with Gasteiger partial charge in [-0.15, -0.1) is 0 Å². The minimum Gasteiger partial charge on any atom is -0.396 e. The second kappa shape index (κ2) is 8.67. The molecule has 1 aromatic carbocycles. The first-order chi connectivity index (χ1) is 11.3. The molecule has 2 saturated heterocycles. The molecule has 0 atom stereocenters. The molecule has 0 saturated carbocycles. The molecule has 4 nitrogen and oxygen atoms in total. The molecule has 0 aromatic heterocycles. The Morgan fingerprint density at radius 2 is 1.78 bits per heavy atom. The van der Waals surface area contributed by atoms with Crippen molar-refractivity contribution in [2.75, 3.05) is 44.8 Å². The molecule has 3 rings (SSSR count). The van der Waals surface area contributed by atoms with Crippen molar-refractivity contribution in [1.82, 2.24) is 4.90 Å². The van der Waals surface area contributed by atoms with Crippen molar-refractivity contribution in [1.29, 1.82) is 0 Å². The third-order valence-electron chi connectivity index (χ3n) is 5.30. The van der Waals surface area contributed by atoms with Gasteiger partial charge in [0, 0.05) is 38.6 Å². The van der Waals surface area contributed by atoms with E-state index in [0.717, 1.165) is 58.2 Å². The number of hydrogen-bond donors (Lipinski definition) is 2. The fourth-order valence-electron chi connectivity index (χ4n) is 3.60. The number of rotatable bonds is 6. The number of nitrogens with zero attached hydrogens (tertiary/aromatic N) is 1. The summed E-state index contributed by atoms with van der Waals surface area (Å²) in [4.78, 5) is 2.52. The van der Waals surface area contributed by atoms with E-state index in [-0.39, 0.29) is 0 Å². The van der Waals surface area contributed by atoms with Crippen LogP contribution in [0.15, 0.2) is 24.3 Å². The Hall–Kier alpha value is -1.10. The first kappa shape index (κ1) is 16.7. The van der Waals surface area contributed by atoms with E-state index in [4.69, 9.17) is 4.74 Å². The first-order valence-corrected chi connectivity index (χ1v) is 9.08. The van der Waals surface area contributed by atoms with Crippen LogP contribution < -0.4 is 5.32 Å². The lowest BCUT2D eigenvalue weighted by Crippen LogP contribution is -2.34. The summed E-state index contributed by atoms with van der Waals surface area (Å²) < 4.78 is 5.44. The van der Waals surface area contributed by atoms with E-state index < -0.39 is 0 Å². The second-order valence-electron chi connectivity index (χ2n) is 7.00. The number of hydrogen-bond acceptors (Lipinski definition) is 4. The fraction of sp³-hybridized carbons (Fsp3) is 0.684. The van der Waals surface area contributed by atoms with Gasteiger partial charge < -0.3 is 15.2 Å². The number of ether oxygens (including phenoxy) is 1. The number of piperidine rings is 1. The van der Waals surface area contributed by atoms with E-state index in [1.165, 1.54) is 24.1 Å².